The fourth-order valence-electron chi connectivity index (χ4n) is 3.25. The van der Waals surface area contributed by atoms with Gasteiger partial charge >= 0.3 is 0 Å². The number of pyridine rings is 1. The summed E-state index contributed by atoms with van der Waals surface area (Å²) in [6.45, 7) is 4.13. The van der Waals surface area contributed by atoms with E-state index in [4.69, 9.17) is 4.74 Å². The summed E-state index contributed by atoms with van der Waals surface area (Å²) in [5.74, 6) is 0.267. The van der Waals surface area contributed by atoms with Crippen molar-refractivity contribution in [3.05, 3.63) is 29.6 Å². The van der Waals surface area contributed by atoms with E-state index in [1.165, 1.54) is 5.56 Å². The second-order valence-electron chi connectivity index (χ2n) is 5.35. The summed E-state index contributed by atoms with van der Waals surface area (Å²) >= 11 is 0. The monoisotopic (exact) mass is 260 g/mol. The van der Waals surface area contributed by atoms with E-state index in [0.29, 0.717) is 19.0 Å². The van der Waals surface area contributed by atoms with Gasteiger partial charge in [-0.1, -0.05) is 13.0 Å². The van der Waals surface area contributed by atoms with Crippen LogP contribution in [0.15, 0.2) is 18.3 Å². The topological polar surface area (TPSA) is 51.2 Å². The van der Waals surface area contributed by atoms with E-state index in [1.807, 2.05) is 6.07 Å². The Morgan fingerprint density at radius 3 is 3.26 bits per heavy atom. The first-order valence-corrected chi connectivity index (χ1v) is 7.10. The van der Waals surface area contributed by atoms with Crippen molar-refractivity contribution >= 4 is 5.78 Å². The van der Waals surface area contributed by atoms with E-state index >= 15 is 0 Å². The molecule has 102 valence electrons. The normalized spacial score (nSPS) is 29.4. The maximum atomic E-state index is 12.7. The number of fused-ring (bicyclic) bond motifs is 1. The molecule has 0 bridgehead atoms. The molecule has 0 aromatic carbocycles. The highest BCUT2D eigenvalue weighted by Crippen LogP contribution is 2.35. The van der Waals surface area contributed by atoms with Crippen molar-refractivity contribution in [2.45, 2.75) is 31.7 Å². The lowest BCUT2D eigenvalue weighted by Crippen LogP contribution is -2.40. The smallest absolute Gasteiger partial charge is 0.148 e. The van der Waals surface area contributed by atoms with Crippen molar-refractivity contribution < 1.29 is 9.53 Å². The third-order valence-electron chi connectivity index (χ3n) is 4.21. The quantitative estimate of drug-likeness (QED) is 0.886. The highest BCUT2D eigenvalue weighted by molar-refractivity contribution is 5.89. The van der Waals surface area contributed by atoms with Crippen LogP contribution in [0.5, 0.6) is 0 Å². The van der Waals surface area contributed by atoms with Crippen molar-refractivity contribution in [2.75, 3.05) is 19.8 Å². The molecule has 1 aromatic rings. The predicted octanol–water partition coefficient (Wildman–Crippen LogP) is 1.30. The van der Waals surface area contributed by atoms with E-state index in [2.05, 4.69) is 23.3 Å². The second kappa shape index (κ2) is 5.39. The molecule has 2 heterocycles. The van der Waals surface area contributed by atoms with Crippen LogP contribution >= 0.6 is 0 Å². The molecule has 0 saturated carbocycles. The summed E-state index contributed by atoms with van der Waals surface area (Å²) in [6, 6.07) is 4.21. The van der Waals surface area contributed by atoms with Gasteiger partial charge in [-0.05, 0) is 31.0 Å². The van der Waals surface area contributed by atoms with Gasteiger partial charge in [0.1, 0.15) is 5.78 Å². The molecule has 1 aliphatic carbocycles. The molecule has 2 aliphatic rings. The highest BCUT2D eigenvalue weighted by Gasteiger charge is 2.40. The Hall–Kier alpha value is -1.26. The third-order valence-corrected chi connectivity index (χ3v) is 4.21. The van der Waals surface area contributed by atoms with Gasteiger partial charge in [0.2, 0.25) is 0 Å². The Bertz CT molecular complexity index is 475. The SMILES string of the molecule is CCNC1COCC1C(=O)C1CCc2cccnc21. The van der Waals surface area contributed by atoms with Crippen LogP contribution in [-0.4, -0.2) is 36.6 Å². The van der Waals surface area contributed by atoms with Crippen LogP contribution in [0.4, 0.5) is 0 Å². The minimum Gasteiger partial charge on any atom is -0.379 e. The number of carbonyl (C=O) groups excluding carboxylic acids is 1. The van der Waals surface area contributed by atoms with Crippen LogP contribution in [0.2, 0.25) is 0 Å². The number of Topliss-reactive ketones (excluding diaryl/α,β-unsaturated/α-hetero) is 1. The fourth-order valence-corrected chi connectivity index (χ4v) is 3.25. The number of aryl methyl sites for hydroxylation is 1. The first-order valence-electron chi connectivity index (χ1n) is 7.10. The molecule has 0 amide bonds. The lowest BCUT2D eigenvalue weighted by molar-refractivity contribution is -0.124. The molecular weight excluding hydrogens is 240 g/mol. The lowest BCUT2D eigenvalue weighted by Gasteiger charge is -2.20. The number of likely N-dealkylation sites (N-methyl/N-ethyl adjacent to an activating group) is 1. The first kappa shape index (κ1) is 12.8. The van der Waals surface area contributed by atoms with E-state index in [0.717, 1.165) is 25.1 Å². The Kier molecular flexibility index (Phi) is 3.62. The van der Waals surface area contributed by atoms with Crippen LogP contribution in [0.1, 0.15) is 30.5 Å². The summed E-state index contributed by atoms with van der Waals surface area (Å²) in [5, 5.41) is 3.36. The Labute approximate surface area is 113 Å². The second-order valence-corrected chi connectivity index (χ2v) is 5.35. The molecule has 1 aliphatic heterocycles. The predicted molar refractivity (Wildman–Crippen MR) is 72.1 cm³/mol. The molecule has 3 unspecified atom stereocenters. The largest absolute Gasteiger partial charge is 0.379 e. The van der Waals surface area contributed by atoms with Crippen molar-refractivity contribution in [1.29, 1.82) is 0 Å². The van der Waals surface area contributed by atoms with Crippen LogP contribution < -0.4 is 5.32 Å². The van der Waals surface area contributed by atoms with Gasteiger partial charge in [0.05, 0.1) is 30.7 Å². The average molecular weight is 260 g/mol. The summed E-state index contributed by atoms with van der Waals surface area (Å²) in [7, 11) is 0. The highest BCUT2D eigenvalue weighted by atomic mass is 16.5. The zero-order chi connectivity index (χ0) is 13.2. The van der Waals surface area contributed by atoms with E-state index in [-0.39, 0.29) is 17.9 Å². The maximum Gasteiger partial charge on any atom is 0.148 e. The number of ether oxygens (including phenoxy) is 1. The van der Waals surface area contributed by atoms with Crippen LogP contribution in [0.3, 0.4) is 0 Å². The van der Waals surface area contributed by atoms with Crippen molar-refractivity contribution in [3.8, 4) is 0 Å². The van der Waals surface area contributed by atoms with Gasteiger partial charge in [-0.15, -0.1) is 0 Å². The number of rotatable bonds is 4. The summed E-state index contributed by atoms with van der Waals surface area (Å²) < 4.78 is 5.49. The molecule has 0 spiro atoms. The number of ketones is 1. The maximum absolute atomic E-state index is 12.7. The zero-order valence-electron chi connectivity index (χ0n) is 11.3. The molecule has 3 rings (SSSR count). The summed E-state index contributed by atoms with van der Waals surface area (Å²) in [5.41, 5.74) is 2.23. The minimum absolute atomic E-state index is 0.0158. The minimum atomic E-state index is -0.0240. The van der Waals surface area contributed by atoms with E-state index in [1.54, 1.807) is 6.20 Å². The Morgan fingerprint density at radius 1 is 1.53 bits per heavy atom. The Balaban J connectivity index is 1.78. The van der Waals surface area contributed by atoms with Gasteiger partial charge in [0.25, 0.3) is 0 Å². The number of hydrogen-bond acceptors (Lipinski definition) is 4. The van der Waals surface area contributed by atoms with Gasteiger partial charge in [0.15, 0.2) is 0 Å². The van der Waals surface area contributed by atoms with E-state index < -0.39 is 0 Å². The van der Waals surface area contributed by atoms with E-state index in [9.17, 15) is 4.79 Å². The standard InChI is InChI=1S/C15H20N2O2/c1-2-16-13-9-19-8-12(13)15(18)11-6-5-10-4-3-7-17-14(10)11/h3-4,7,11-13,16H,2,5-6,8-9H2,1H3. The van der Waals surface area contributed by atoms with Gasteiger partial charge in [-0.2, -0.15) is 0 Å². The van der Waals surface area contributed by atoms with Crippen molar-refractivity contribution in [2.24, 2.45) is 5.92 Å². The molecule has 4 heteroatoms. The average Bonchev–Trinajstić information content (AvgIpc) is 3.04. The molecule has 0 radical (unpaired) electrons. The number of carbonyl (C=O) groups is 1. The molecule has 3 atom stereocenters. The summed E-state index contributed by atoms with van der Waals surface area (Å²) in [6.07, 6.45) is 3.66. The zero-order valence-corrected chi connectivity index (χ0v) is 11.3. The lowest BCUT2D eigenvalue weighted by atomic mass is 9.87. The van der Waals surface area contributed by atoms with Crippen LogP contribution in [0.25, 0.3) is 0 Å². The number of aromatic nitrogens is 1. The number of nitrogens with zero attached hydrogens (tertiary/aromatic N) is 1. The van der Waals surface area contributed by atoms with Gasteiger partial charge < -0.3 is 10.1 Å². The molecular formula is C15H20N2O2. The third kappa shape index (κ3) is 2.30. The molecule has 1 aromatic heterocycles. The van der Waals surface area contributed by atoms with Crippen molar-refractivity contribution in [1.82, 2.24) is 10.3 Å². The van der Waals surface area contributed by atoms with Crippen LogP contribution in [-0.2, 0) is 16.0 Å². The molecule has 1 N–H and O–H groups in total. The van der Waals surface area contributed by atoms with Crippen molar-refractivity contribution in [3.63, 3.8) is 0 Å². The van der Waals surface area contributed by atoms with Crippen LogP contribution in [0, 0.1) is 5.92 Å². The molecule has 1 fully saturated rings. The molecule has 19 heavy (non-hydrogen) atoms. The summed E-state index contributed by atoms with van der Waals surface area (Å²) in [4.78, 5) is 17.2. The Morgan fingerprint density at radius 2 is 2.42 bits per heavy atom. The number of nitrogens with one attached hydrogen (secondary N) is 1. The molecule has 4 nitrogen and oxygen atoms in total. The van der Waals surface area contributed by atoms with Gasteiger partial charge in [-0.25, -0.2) is 0 Å². The van der Waals surface area contributed by atoms with Gasteiger partial charge in [0, 0.05) is 12.2 Å². The first-order chi connectivity index (χ1) is 9.31. The van der Waals surface area contributed by atoms with Gasteiger partial charge in [-0.3, -0.25) is 9.78 Å². The molecule has 1 saturated heterocycles. The number of hydrogen-bond donors (Lipinski definition) is 1. The fraction of sp³-hybridized carbons (Fsp3) is 0.600.